The Bertz CT molecular complexity index is 842. The Balaban J connectivity index is 2.14. The molecule has 0 saturated carbocycles. The molecule has 0 radical (unpaired) electrons. The average Bonchev–Trinajstić information content (AvgIpc) is 3.15. The van der Waals surface area contributed by atoms with Crippen molar-refractivity contribution in [2.45, 2.75) is 53.1 Å². The SMILES string of the molecule is CCC(C)N(CC(=O)N(Cc1cccn1C)CC(C)C)C(=O)Cc1ccc(OC)cc1. The number of methoxy groups -OCH3 is 1. The third kappa shape index (κ3) is 7.16. The molecule has 0 fully saturated rings. The summed E-state index contributed by atoms with van der Waals surface area (Å²) in [6.07, 6.45) is 3.05. The largest absolute Gasteiger partial charge is 0.497 e. The molecule has 0 aliphatic rings. The molecule has 6 heteroatoms. The third-order valence-electron chi connectivity index (χ3n) is 5.61. The van der Waals surface area contributed by atoms with Gasteiger partial charge in [-0.05, 0) is 49.1 Å². The van der Waals surface area contributed by atoms with Gasteiger partial charge in [-0.25, -0.2) is 0 Å². The van der Waals surface area contributed by atoms with Gasteiger partial charge in [-0.3, -0.25) is 9.59 Å². The van der Waals surface area contributed by atoms with Crippen LogP contribution in [0.3, 0.4) is 0 Å². The van der Waals surface area contributed by atoms with Gasteiger partial charge in [0.25, 0.3) is 0 Å². The lowest BCUT2D eigenvalue weighted by atomic mass is 10.1. The first-order chi connectivity index (χ1) is 14.7. The Morgan fingerprint density at radius 3 is 2.26 bits per heavy atom. The Hall–Kier alpha value is -2.76. The van der Waals surface area contributed by atoms with E-state index in [1.165, 1.54) is 0 Å². The number of aryl methyl sites for hydroxylation is 1. The van der Waals surface area contributed by atoms with Crippen molar-refractivity contribution < 1.29 is 14.3 Å². The van der Waals surface area contributed by atoms with E-state index in [2.05, 4.69) is 13.8 Å². The van der Waals surface area contributed by atoms with Gasteiger partial charge in [0.15, 0.2) is 0 Å². The van der Waals surface area contributed by atoms with E-state index in [0.29, 0.717) is 19.0 Å². The molecule has 2 rings (SSSR count). The van der Waals surface area contributed by atoms with E-state index < -0.39 is 0 Å². The van der Waals surface area contributed by atoms with Gasteiger partial charge in [0.1, 0.15) is 12.3 Å². The summed E-state index contributed by atoms with van der Waals surface area (Å²) >= 11 is 0. The molecule has 0 saturated heterocycles. The topological polar surface area (TPSA) is 54.8 Å². The quantitative estimate of drug-likeness (QED) is 0.547. The van der Waals surface area contributed by atoms with Crippen LogP contribution in [0.15, 0.2) is 42.6 Å². The number of rotatable bonds is 11. The van der Waals surface area contributed by atoms with Crippen LogP contribution in [0.2, 0.25) is 0 Å². The molecule has 1 atom stereocenters. The highest BCUT2D eigenvalue weighted by Crippen LogP contribution is 2.15. The first kappa shape index (κ1) is 24.5. The van der Waals surface area contributed by atoms with Crippen molar-refractivity contribution in [3.05, 3.63) is 53.9 Å². The Morgan fingerprint density at radius 2 is 1.74 bits per heavy atom. The summed E-state index contributed by atoms with van der Waals surface area (Å²) in [5.41, 5.74) is 1.99. The number of benzene rings is 1. The van der Waals surface area contributed by atoms with E-state index in [1.807, 2.05) is 73.0 Å². The second-order valence-electron chi connectivity index (χ2n) is 8.58. The first-order valence-electron chi connectivity index (χ1n) is 11.1. The summed E-state index contributed by atoms with van der Waals surface area (Å²) in [6.45, 7) is 9.55. The Morgan fingerprint density at radius 1 is 1.06 bits per heavy atom. The second-order valence-corrected chi connectivity index (χ2v) is 8.58. The van der Waals surface area contributed by atoms with Gasteiger partial charge in [0.2, 0.25) is 11.8 Å². The zero-order valence-corrected chi connectivity index (χ0v) is 19.8. The first-order valence-corrected chi connectivity index (χ1v) is 11.1. The van der Waals surface area contributed by atoms with Crippen LogP contribution in [0.4, 0.5) is 0 Å². The highest BCUT2D eigenvalue weighted by Gasteiger charge is 2.25. The van der Waals surface area contributed by atoms with E-state index in [9.17, 15) is 9.59 Å². The summed E-state index contributed by atoms with van der Waals surface area (Å²) in [5.74, 6) is 1.06. The fourth-order valence-electron chi connectivity index (χ4n) is 3.53. The summed E-state index contributed by atoms with van der Waals surface area (Å²) < 4.78 is 7.22. The van der Waals surface area contributed by atoms with E-state index in [4.69, 9.17) is 4.74 Å². The average molecular weight is 428 g/mol. The van der Waals surface area contributed by atoms with Crippen LogP contribution in [0.25, 0.3) is 0 Å². The van der Waals surface area contributed by atoms with Gasteiger partial charge in [0.05, 0.1) is 20.1 Å². The maximum Gasteiger partial charge on any atom is 0.242 e. The van der Waals surface area contributed by atoms with Crippen molar-refractivity contribution in [2.24, 2.45) is 13.0 Å². The molecule has 2 amide bonds. The Labute approximate surface area is 186 Å². The maximum absolute atomic E-state index is 13.3. The molecule has 0 spiro atoms. The normalized spacial score (nSPS) is 12.0. The van der Waals surface area contributed by atoms with Crippen molar-refractivity contribution in [3.63, 3.8) is 0 Å². The van der Waals surface area contributed by atoms with E-state index in [1.54, 1.807) is 12.0 Å². The van der Waals surface area contributed by atoms with Crippen molar-refractivity contribution in [3.8, 4) is 5.75 Å². The van der Waals surface area contributed by atoms with Crippen molar-refractivity contribution in [1.29, 1.82) is 0 Å². The molecule has 1 heterocycles. The van der Waals surface area contributed by atoms with Crippen LogP contribution < -0.4 is 4.74 Å². The number of nitrogens with zero attached hydrogens (tertiary/aromatic N) is 3. The molecule has 2 aromatic rings. The molecule has 0 N–H and O–H groups in total. The maximum atomic E-state index is 13.3. The zero-order valence-electron chi connectivity index (χ0n) is 19.8. The van der Waals surface area contributed by atoms with Crippen LogP contribution in [0, 0.1) is 5.92 Å². The standard InChI is InChI=1S/C25H37N3O3/c1-7-20(4)28(24(29)15-21-10-12-23(31-6)13-11-21)18-25(30)27(16-19(2)3)17-22-9-8-14-26(22)5/h8-14,19-20H,7,15-18H2,1-6H3. The number of hydrogen-bond donors (Lipinski definition) is 0. The number of hydrogen-bond acceptors (Lipinski definition) is 3. The van der Waals surface area contributed by atoms with E-state index in [-0.39, 0.29) is 30.8 Å². The number of ether oxygens (including phenoxy) is 1. The number of carbonyl (C=O) groups is 2. The molecule has 170 valence electrons. The zero-order chi connectivity index (χ0) is 23.0. The predicted molar refractivity (Wildman–Crippen MR) is 124 cm³/mol. The van der Waals surface area contributed by atoms with Gasteiger partial charge in [-0.2, -0.15) is 0 Å². The molecule has 6 nitrogen and oxygen atoms in total. The molecule has 1 unspecified atom stereocenters. The van der Waals surface area contributed by atoms with Crippen molar-refractivity contribution >= 4 is 11.8 Å². The molecule has 0 aliphatic heterocycles. The van der Waals surface area contributed by atoms with Crippen LogP contribution in [-0.4, -0.2) is 52.4 Å². The molecule has 0 aliphatic carbocycles. The summed E-state index contributed by atoms with van der Waals surface area (Å²) in [7, 11) is 3.60. The fourth-order valence-corrected chi connectivity index (χ4v) is 3.53. The van der Waals surface area contributed by atoms with Crippen LogP contribution in [0.1, 0.15) is 45.4 Å². The lowest BCUT2D eigenvalue weighted by Crippen LogP contribution is -2.47. The minimum atomic E-state index is -0.0313. The molecule has 31 heavy (non-hydrogen) atoms. The van der Waals surface area contributed by atoms with Gasteiger partial charge >= 0.3 is 0 Å². The van der Waals surface area contributed by atoms with Gasteiger partial charge < -0.3 is 19.1 Å². The number of amides is 2. The second kappa shape index (κ2) is 11.6. The minimum absolute atomic E-state index is 0.00867. The number of carbonyl (C=O) groups excluding carboxylic acids is 2. The highest BCUT2D eigenvalue weighted by molar-refractivity contribution is 5.86. The molecular formula is C25H37N3O3. The summed E-state index contributed by atoms with van der Waals surface area (Å²) in [6, 6.07) is 11.5. The minimum Gasteiger partial charge on any atom is -0.497 e. The van der Waals surface area contributed by atoms with Crippen LogP contribution in [0.5, 0.6) is 5.75 Å². The molecule has 0 bridgehead atoms. The third-order valence-corrected chi connectivity index (χ3v) is 5.61. The van der Waals surface area contributed by atoms with Crippen molar-refractivity contribution in [1.82, 2.24) is 14.4 Å². The van der Waals surface area contributed by atoms with Crippen molar-refractivity contribution in [2.75, 3.05) is 20.2 Å². The summed E-state index contributed by atoms with van der Waals surface area (Å²) in [4.78, 5) is 30.0. The van der Waals surface area contributed by atoms with Gasteiger partial charge in [-0.15, -0.1) is 0 Å². The van der Waals surface area contributed by atoms with Gasteiger partial charge in [-0.1, -0.05) is 32.9 Å². The van der Waals surface area contributed by atoms with Gasteiger partial charge in [0, 0.05) is 31.5 Å². The fraction of sp³-hybridized carbons (Fsp3) is 0.520. The predicted octanol–water partition coefficient (Wildman–Crippen LogP) is 3.89. The lowest BCUT2D eigenvalue weighted by Gasteiger charge is -2.32. The van der Waals surface area contributed by atoms with Crippen LogP contribution >= 0.6 is 0 Å². The lowest BCUT2D eigenvalue weighted by molar-refractivity contribution is -0.142. The van der Waals surface area contributed by atoms with E-state index in [0.717, 1.165) is 23.4 Å². The molecule has 1 aromatic heterocycles. The van der Waals surface area contributed by atoms with E-state index >= 15 is 0 Å². The monoisotopic (exact) mass is 427 g/mol. The van der Waals surface area contributed by atoms with Crippen LogP contribution in [-0.2, 0) is 29.6 Å². The molecular weight excluding hydrogens is 390 g/mol. The smallest absolute Gasteiger partial charge is 0.242 e. The number of aromatic nitrogens is 1. The Kier molecular flexibility index (Phi) is 9.16. The molecule has 1 aromatic carbocycles. The highest BCUT2D eigenvalue weighted by atomic mass is 16.5. The summed E-state index contributed by atoms with van der Waals surface area (Å²) in [5, 5.41) is 0.